The number of urea groups is 1. The van der Waals surface area contributed by atoms with Crippen LogP contribution in [0.2, 0.25) is 0 Å². The molecule has 2 aromatic rings. The second kappa shape index (κ2) is 7.26. The van der Waals surface area contributed by atoms with E-state index in [1.807, 2.05) is 0 Å². The van der Waals surface area contributed by atoms with E-state index in [1.54, 1.807) is 24.3 Å². The average molecular weight is 389 g/mol. The monoisotopic (exact) mass is 389 g/mol. The first kappa shape index (κ1) is 19.3. The maximum atomic E-state index is 13.2. The minimum atomic E-state index is -1.34. The molecule has 1 atom stereocenters. The standard InChI is InChI=1S/C19H17F2N3O4/c1-19(11-3-6-13(28-2)7-4-11)17(26)24(18(27)23-19)10-16(25)22-12-5-8-14(20)15(21)9-12/h3-9H,10H2,1-2H3,(H,22,25)(H,23,27). The summed E-state index contributed by atoms with van der Waals surface area (Å²) in [5, 5.41) is 4.90. The van der Waals surface area contributed by atoms with Crippen LogP contribution in [0.15, 0.2) is 42.5 Å². The summed E-state index contributed by atoms with van der Waals surface area (Å²) < 4.78 is 31.3. The molecule has 1 unspecified atom stereocenters. The van der Waals surface area contributed by atoms with E-state index in [0.717, 1.165) is 17.0 Å². The zero-order valence-electron chi connectivity index (χ0n) is 15.1. The highest BCUT2D eigenvalue weighted by molar-refractivity contribution is 6.10. The van der Waals surface area contributed by atoms with Gasteiger partial charge in [-0.05, 0) is 36.8 Å². The van der Waals surface area contributed by atoms with E-state index >= 15 is 0 Å². The van der Waals surface area contributed by atoms with Gasteiger partial charge in [0, 0.05) is 11.8 Å². The third-order valence-electron chi connectivity index (χ3n) is 4.45. The number of imide groups is 1. The van der Waals surface area contributed by atoms with Crippen molar-refractivity contribution in [3.63, 3.8) is 0 Å². The molecule has 0 spiro atoms. The van der Waals surface area contributed by atoms with Gasteiger partial charge in [-0.2, -0.15) is 0 Å². The number of hydrogen-bond donors (Lipinski definition) is 2. The molecule has 1 fully saturated rings. The van der Waals surface area contributed by atoms with Gasteiger partial charge in [0.1, 0.15) is 17.8 Å². The Morgan fingerprint density at radius 1 is 1.14 bits per heavy atom. The van der Waals surface area contributed by atoms with Crippen LogP contribution in [-0.2, 0) is 15.1 Å². The number of anilines is 1. The molecule has 0 saturated carbocycles. The number of ether oxygens (including phenoxy) is 1. The quantitative estimate of drug-likeness (QED) is 0.769. The number of amides is 4. The summed E-state index contributed by atoms with van der Waals surface area (Å²) >= 11 is 0. The van der Waals surface area contributed by atoms with E-state index < -0.39 is 41.6 Å². The molecule has 1 aliphatic rings. The minimum Gasteiger partial charge on any atom is -0.497 e. The fraction of sp³-hybridized carbons (Fsp3) is 0.211. The zero-order valence-corrected chi connectivity index (χ0v) is 15.1. The van der Waals surface area contributed by atoms with Crippen LogP contribution in [-0.4, -0.2) is 36.4 Å². The first-order valence-electron chi connectivity index (χ1n) is 8.28. The number of nitrogens with zero attached hydrogens (tertiary/aromatic N) is 1. The number of carbonyl (C=O) groups excluding carboxylic acids is 3. The second-order valence-electron chi connectivity index (χ2n) is 6.35. The van der Waals surface area contributed by atoms with Crippen molar-refractivity contribution >= 4 is 23.5 Å². The van der Waals surface area contributed by atoms with Crippen molar-refractivity contribution in [2.24, 2.45) is 0 Å². The average Bonchev–Trinajstić information content (AvgIpc) is 2.89. The van der Waals surface area contributed by atoms with E-state index in [0.29, 0.717) is 11.3 Å². The van der Waals surface area contributed by atoms with Gasteiger partial charge in [-0.3, -0.25) is 14.5 Å². The molecule has 2 aromatic carbocycles. The second-order valence-corrected chi connectivity index (χ2v) is 6.35. The largest absolute Gasteiger partial charge is 0.497 e. The molecule has 0 radical (unpaired) electrons. The van der Waals surface area contributed by atoms with Gasteiger partial charge in [0.15, 0.2) is 11.6 Å². The first-order chi connectivity index (χ1) is 13.2. The van der Waals surface area contributed by atoms with E-state index in [4.69, 9.17) is 4.74 Å². The molecule has 2 N–H and O–H groups in total. The van der Waals surface area contributed by atoms with Crippen LogP contribution < -0.4 is 15.4 Å². The Labute approximate surface area is 159 Å². The van der Waals surface area contributed by atoms with Crippen LogP contribution in [0.4, 0.5) is 19.3 Å². The third-order valence-corrected chi connectivity index (χ3v) is 4.45. The summed E-state index contributed by atoms with van der Waals surface area (Å²) in [5.41, 5.74) is -0.810. The fourth-order valence-electron chi connectivity index (χ4n) is 2.88. The van der Waals surface area contributed by atoms with Crippen molar-refractivity contribution in [1.82, 2.24) is 10.2 Å². The molecule has 9 heteroatoms. The number of rotatable bonds is 5. The molecule has 3 rings (SSSR count). The number of methoxy groups -OCH3 is 1. The predicted octanol–water partition coefficient (Wildman–Crippen LogP) is 2.38. The SMILES string of the molecule is COc1ccc(C2(C)NC(=O)N(CC(=O)Nc3ccc(F)c(F)c3)C2=O)cc1. The highest BCUT2D eigenvalue weighted by atomic mass is 19.2. The Balaban J connectivity index is 1.73. The number of nitrogens with one attached hydrogen (secondary N) is 2. The Hall–Kier alpha value is -3.49. The molecule has 146 valence electrons. The van der Waals surface area contributed by atoms with Gasteiger partial charge in [-0.1, -0.05) is 12.1 Å². The molecule has 0 bridgehead atoms. The molecule has 1 heterocycles. The lowest BCUT2D eigenvalue weighted by Crippen LogP contribution is -2.42. The lowest BCUT2D eigenvalue weighted by atomic mass is 9.92. The summed E-state index contributed by atoms with van der Waals surface area (Å²) in [6.07, 6.45) is 0. The summed E-state index contributed by atoms with van der Waals surface area (Å²) in [6, 6.07) is 8.69. The molecule has 4 amide bonds. The van der Waals surface area contributed by atoms with E-state index in [9.17, 15) is 23.2 Å². The van der Waals surface area contributed by atoms with Gasteiger partial charge in [0.2, 0.25) is 5.91 Å². The van der Waals surface area contributed by atoms with Gasteiger partial charge in [-0.25, -0.2) is 13.6 Å². The summed E-state index contributed by atoms with van der Waals surface area (Å²) in [4.78, 5) is 38.0. The van der Waals surface area contributed by atoms with Crippen molar-refractivity contribution in [3.8, 4) is 5.75 Å². The van der Waals surface area contributed by atoms with Crippen molar-refractivity contribution in [2.75, 3.05) is 19.0 Å². The van der Waals surface area contributed by atoms with E-state index in [1.165, 1.54) is 20.1 Å². The van der Waals surface area contributed by atoms with Crippen LogP contribution in [0.25, 0.3) is 0 Å². The third kappa shape index (κ3) is 3.51. The highest BCUT2D eigenvalue weighted by Crippen LogP contribution is 2.30. The molecular weight excluding hydrogens is 372 g/mol. The van der Waals surface area contributed by atoms with Crippen LogP contribution in [0, 0.1) is 11.6 Å². The van der Waals surface area contributed by atoms with Crippen molar-refractivity contribution in [3.05, 3.63) is 59.7 Å². The molecular formula is C19H17F2N3O4. The molecule has 1 aliphatic heterocycles. The number of benzene rings is 2. The maximum Gasteiger partial charge on any atom is 0.325 e. The highest BCUT2D eigenvalue weighted by Gasteiger charge is 2.49. The van der Waals surface area contributed by atoms with Crippen LogP contribution in [0.5, 0.6) is 5.75 Å². The maximum absolute atomic E-state index is 13.2. The van der Waals surface area contributed by atoms with E-state index in [2.05, 4.69) is 10.6 Å². The predicted molar refractivity (Wildman–Crippen MR) is 95.6 cm³/mol. The van der Waals surface area contributed by atoms with Crippen molar-refractivity contribution in [1.29, 1.82) is 0 Å². The van der Waals surface area contributed by atoms with Crippen LogP contribution >= 0.6 is 0 Å². The van der Waals surface area contributed by atoms with Crippen molar-refractivity contribution < 1.29 is 27.9 Å². The van der Waals surface area contributed by atoms with E-state index in [-0.39, 0.29) is 5.69 Å². The number of halogens is 2. The molecule has 7 nitrogen and oxygen atoms in total. The number of hydrogen-bond acceptors (Lipinski definition) is 4. The van der Waals surface area contributed by atoms with Gasteiger partial charge < -0.3 is 15.4 Å². The van der Waals surface area contributed by atoms with Gasteiger partial charge in [-0.15, -0.1) is 0 Å². The van der Waals surface area contributed by atoms with Gasteiger partial charge in [0.05, 0.1) is 7.11 Å². The fourth-order valence-corrected chi connectivity index (χ4v) is 2.88. The molecule has 0 aliphatic carbocycles. The number of carbonyl (C=O) groups is 3. The summed E-state index contributed by atoms with van der Waals surface area (Å²) in [5.74, 6) is -2.93. The zero-order chi connectivity index (χ0) is 20.5. The first-order valence-corrected chi connectivity index (χ1v) is 8.28. The smallest absolute Gasteiger partial charge is 0.325 e. The molecule has 0 aromatic heterocycles. The van der Waals surface area contributed by atoms with Gasteiger partial charge in [0.25, 0.3) is 5.91 Å². The lowest BCUT2D eigenvalue weighted by Gasteiger charge is -2.22. The molecule has 1 saturated heterocycles. The van der Waals surface area contributed by atoms with Crippen LogP contribution in [0.1, 0.15) is 12.5 Å². The summed E-state index contributed by atoms with van der Waals surface area (Å²) in [7, 11) is 1.51. The lowest BCUT2D eigenvalue weighted by molar-refractivity contribution is -0.133. The Kier molecular flexibility index (Phi) is 5.00. The minimum absolute atomic E-state index is 0.00821. The summed E-state index contributed by atoms with van der Waals surface area (Å²) in [6.45, 7) is 0.956. The van der Waals surface area contributed by atoms with Gasteiger partial charge >= 0.3 is 6.03 Å². The molecule has 28 heavy (non-hydrogen) atoms. The Bertz CT molecular complexity index is 949. The topological polar surface area (TPSA) is 87.7 Å². The van der Waals surface area contributed by atoms with Crippen molar-refractivity contribution in [2.45, 2.75) is 12.5 Å². The Morgan fingerprint density at radius 3 is 2.43 bits per heavy atom. The van der Waals surface area contributed by atoms with Crippen LogP contribution in [0.3, 0.4) is 0 Å². The normalized spacial score (nSPS) is 18.8. The Morgan fingerprint density at radius 2 is 1.82 bits per heavy atom.